The number of hydrogen-bond acceptors (Lipinski definition) is 2. The Bertz CT molecular complexity index is 904. The third kappa shape index (κ3) is 5.32. The Hall–Kier alpha value is -1.87. The lowest BCUT2D eigenvalue weighted by atomic mass is 10.1. The fourth-order valence-electron chi connectivity index (χ4n) is 2.83. The lowest BCUT2D eigenvalue weighted by Gasteiger charge is -2.14. The van der Waals surface area contributed by atoms with E-state index in [1.807, 2.05) is 48.5 Å². The third-order valence-corrected chi connectivity index (χ3v) is 5.01. The summed E-state index contributed by atoms with van der Waals surface area (Å²) in [6, 6.07) is 19.5. The summed E-state index contributed by atoms with van der Waals surface area (Å²) < 4.78 is 5.82. The van der Waals surface area contributed by atoms with Crippen LogP contribution in [0.15, 0.2) is 60.7 Å². The molecule has 0 saturated heterocycles. The second-order valence-electron chi connectivity index (χ2n) is 6.17. The summed E-state index contributed by atoms with van der Waals surface area (Å²) in [5, 5.41) is 5.10. The fourth-order valence-corrected chi connectivity index (χ4v) is 3.69. The monoisotopic (exact) mass is 419 g/mol. The van der Waals surface area contributed by atoms with Gasteiger partial charge in [0.15, 0.2) is 5.75 Å². The van der Waals surface area contributed by atoms with E-state index in [1.165, 1.54) is 5.56 Å². The number of benzene rings is 3. The molecule has 0 bridgehead atoms. The van der Waals surface area contributed by atoms with Crippen molar-refractivity contribution in [1.29, 1.82) is 0 Å². The van der Waals surface area contributed by atoms with Gasteiger partial charge in [0.05, 0.1) is 10.0 Å². The number of aryl methyl sites for hydroxylation is 1. The van der Waals surface area contributed by atoms with Gasteiger partial charge in [-0.15, -0.1) is 0 Å². The van der Waals surface area contributed by atoms with E-state index in [-0.39, 0.29) is 0 Å². The van der Waals surface area contributed by atoms with E-state index in [0.717, 1.165) is 23.2 Å². The lowest BCUT2D eigenvalue weighted by molar-refractivity contribution is 0.306. The molecule has 1 N–H and O–H groups in total. The molecule has 3 rings (SSSR count). The Morgan fingerprint density at radius 1 is 0.852 bits per heavy atom. The van der Waals surface area contributed by atoms with Crippen molar-refractivity contribution >= 4 is 40.5 Å². The molecule has 0 amide bonds. The number of halogens is 3. The number of nitrogens with one attached hydrogen (secondary N) is 1. The average Bonchev–Trinajstić information content (AvgIpc) is 2.66. The predicted molar refractivity (Wildman–Crippen MR) is 115 cm³/mol. The molecule has 0 spiro atoms. The Labute approximate surface area is 175 Å². The summed E-state index contributed by atoms with van der Waals surface area (Å²) in [5.41, 5.74) is 4.34. The molecule has 0 aromatic heterocycles. The normalized spacial score (nSPS) is 10.7. The van der Waals surface area contributed by atoms with Crippen LogP contribution in [-0.4, -0.2) is 0 Å². The molecule has 0 unspecified atom stereocenters. The van der Waals surface area contributed by atoms with E-state index in [0.29, 0.717) is 34.0 Å². The summed E-state index contributed by atoms with van der Waals surface area (Å²) in [5.74, 6) is 0.482. The molecule has 3 aromatic carbocycles. The van der Waals surface area contributed by atoms with Gasteiger partial charge < -0.3 is 10.1 Å². The smallest absolute Gasteiger partial charge is 0.156 e. The van der Waals surface area contributed by atoms with Crippen LogP contribution in [0, 0.1) is 0 Å². The molecule has 140 valence electrons. The molecule has 5 heteroatoms. The van der Waals surface area contributed by atoms with Crippen LogP contribution in [0.3, 0.4) is 0 Å². The summed E-state index contributed by atoms with van der Waals surface area (Å²) in [6.07, 6.45) is 0.973. The SMILES string of the molecule is CCc1ccccc1NCc1cc(Cl)c(OCc2cccc(Cl)c2)c(Cl)c1. The minimum Gasteiger partial charge on any atom is -0.486 e. The van der Waals surface area contributed by atoms with Crippen molar-refractivity contribution in [2.75, 3.05) is 5.32 Å². The van der Waals surface area contributed by atoms with Crippen LogP contribution in [0.2, 0.25) is 15.1 Å². The van der Waals surface area contributed by atoms with Crippen molar-refractivity contribution in [3.05, 3.63) is 92.4 Å². The third-order valence-electron chi connectivity index (χ3n) is 4.21. The van der Waals surface area contributed by atoms with E-state index in [2.05, 4.69) is 24.4 Å². The number of rotatable bonds is 7. The van der Waals surface area contributed by atoms with Crippen molar-refractivity contribution in [3.63, 3.8) is 0 Å². The molecule has 0 heterocycles. The molecule has 0 aliphatic carbocycles. The summed E-state index contributed by atoms with van der Waals surface area (Å²) >= 11 is 18.8. The maximum atomic E-state index is 6.41. The Morgan fingerprint density at radius 2 is 1.59 bits per heavy atom. The topological polar surface area (TPSA) is 21.3 Å². The molecular formula is C22H20Cl3NO. The average molecular weight is 421 g/mol. The molecular weight excluding hydrogens is 401 g/mol. The lowest BCUT2D eigenvalue weighted by Crippen LogP contribution is -2.03. The van der Waals surface area contributed by atoms with Crippen molar-refractivity contribution in [1.82, 2.24) is 0 Å². The van der Waals surface area contributed by atoms with Crippen LogP contribution in [0.25, 0.3) is 0 Å². The van der Waals surface area contributed by atoms with Gasteiger partial charge in [-0.1, -0.05) is 72.1 Å². The summed E-state index contributed by atoms with van der Waals surface area (Å²) in [7, 11) is 0. The van der Waals surface area contributed by atoms with Crippen molar-refractivity contribution in [2.24, 2.45) is 0 Å². The Morgan fingerprint density at radius 3 is 2.30 bits per heavy atom. The minimum absolute atomic E-state index is 0.349. The zero-order valence-electron chi connectivity index (χ0n) is 14.9. The number of ether oxygens (including phenoxy) is 1. The van der Waals surface area contributed by atoms with E-state index in [9.17, 15) is 0 Å². The van der Waals surface area contributed by atoms with Crippen molar-refractivity contribution in [3.8, 4) is 5.75 Å². The van der Waals surface area contributed by atoms with E-state index < -0.39 is 0 Å². The van der Waals surface area contributed by atoms with Crippen LogP contribution in [-0.2, 0) is 19.6 Å². The predicted octanol–water partition coefficient (Wildman–Crippen LogP) is 7.40. The first-order valence-electron chi connectivity index (χ1n) is 8.73. The molecule has 3 aromatic rings. The number of hydrogen-bond donors (Lipinski definition) is 1. The van der Waals surface area contributed by atoms with Gasteiger partial charge >= 0.3 is 0 Å². The van der Waals surface area contributed by atoms with Gasteiger partial charge in [-0.3, -0.25) is 0 Å². The highest BCUT2D eigenvalue weighted by atomic mass is 35.5. The highest BCUT2D eigenvalue weighted by Gasteiger charge is 2.11. The summed E-state index contributed by atoms with van der Waals surface area (Å²) in [4.78, 5) is 0. The van der Waals surface area contributed by atoms with Gasteiger partial charge in [0.2, 0.25) is 0 Å². The zero-order valence-corrected chi connectivity index (χ0v) is 17.2. The largest absolute Gasteiger partial charge is 0.486 e. The second-order valence-corrected chi connectivity index (χ2v) is 7.42. The van der Waals surface area contributed by atoms with Gasteiger partial charge in [0.25, 0.3) is 0 Å². The molecule has 27 heavy (non-hydrogen) atoms. The second kappa shape index (κ2) is 9.36. The van der Waals surface area contributed by atoms with E-state index >= 15 is 0 Å². The molecule has 0 aliphatic rings. The van der Waals surface area contributed by atoms with Crippen LogP contribution in [0.5, 0.6) is 5.75 Å². The number of anilines is 1. The van der Waals surface area contributed by atoms with Gasteiger partial charge in [0.1, 0.15) is 6.61 Å². The Kier molecular flexibility index (Phi) is 6.89. The van der Waals surface area contributed by atoms with Gasteiger partial charge in [-0.2, -0.15) is 0 Å². The molecule has 0 aliphatic heterocycles. The minimum atomic E-state index is 0.349. The van der Waals surface area contributed by atoms with E-state index in [4.69, 9.17) is 39.5 Å². The quantitative estimate of drug-likeness (QED) is 0.430. The first-order valence-corrected chi connectivity index (χ1v) is 9.87. The van der Waals surface area contributed by atoms with Crippen molar-refractivity contribution < 1.29 is 4.74 Å². The van der Waals surface area contributed by atoms with Gasteiger partial charge in [-0.05, 0) is 53.4 Å². The standard InChI is InChI=1S/C22H20Cl3NO/c1-2-17-7-3-4-9-21(17)26-13-16-11-19(24)22(20(25)12-16)27-14-15-6-5-8-18(23)10-15/h3-12,26H,2,13-14H2,1H3. The molecule has 0 atom stereocenters. The molecule has 0 fully saturated rings. The fraction of sp³-hybridized carbons (Fsp3) is 0.182. The van der Waals surface area contributed by atoms with Crippen LogP contribution in [0.4, 0.5) is 5.69 Å². The molecule has 0 saturated carbocycles. The first-order chi connectivity index (χ1) is 13.1. The van der Waals surface area contributed by atoms with Crippen LogP contribution < -0.4 is 10.1 Å². The van der Waals surface area contributed by atoms with Gasteiger partial charge in [0, 0.05) is 17.3 Å². The zero-order chi connectivity index (χ0) is 19.2. The maximum absolute atomic E-state index is 6.41. The molecule has 2 nitrogen and oxygen atoms in total. The van der Waals surface area contributed by atoms with Crippen LogP contribution >= 0.6 is 34.8 Å². The highest BCUT2D eigenvalue weighted by Crippen LogP contribution is 2.35. The van der Waals surface area contributed by atoms with Crippen molar-refractivity contribution in [2.45, 2.75) is 26.5 Å². The first kappa shape index (κ1) is 19.9. The highest BCUT2D eigenvalue weighted by molar-refractivity contribution is 6.37. The maximum Gasteiger partial charge on any atom is 0.156 e. The van der Waals surface area contributed by atoms with Gasteiger partial charge in [-0.25, -0.2) is 0 Å². The Balaban J connectivity index is 1.69. The van der Waals surface area contributed by atoms with Crippen LogP contribution in [0.1, 0.15) is 23.6 Å². The summed E-state index contributed by atoms with van der Waals surface area (Å²) in [6.45, 7) is 3.12. The molecule has 0 radical (unpaired) electrons. The van der Waals surface area contributed by atoms with E-state index in [1.54, 1.807) is 0 Å². The number of para-hydroxylation sites is 1.